The SMILES string of the molecule is CN(C)c1ccc(CN2CCC(c3cc(F)cc4c3CN(C3CCC(=O)NC3=O)C4=O)CC2)s1. The summed E-state index contributed by atoms with van der Waals surface area (Å²) < 4.78 is 14.6. The monoisotopic (exact) mass is 484 g/mol. The zero-order valence-electron chi connectivity index (χ0n) is 19.5. The Labute approximate surface area is 202 Å². The maximum atomic E-state index is 14.6. The van der Waals surface area contributed by atoms with E-state index >= 15 is 0 Å². The molecule has 3 aliphatic heterocycles. The largest absolute Gasteiger partial charge is 0.370 e. The average molecular weight is 485 g/mol. The van der Waals surface area contributed by atoms with Crippen molar-refractivity contribution in [2.24, 2.45) is 0 Å². The second-order valence-corrected chi connectivity index (χ2v) is 10.8. The van der Waals surface area contributed by atoms with Gasteiger partial charge < -0.3 is 9.80 Å². The number of thiophene rings is 1. The lowest BCUT2D eigenvalue weighted by Gasteiger charge is -2.33. The van der Waals surface area contributed by atoms with Crippen molar-refractivity contribution in [2.75, 3.05) is 32.1 Å². The molecule has 1 unspecified atom stereocenters. The predicted octanol–water partition coefficient (Wildman–Crippen LogP) is 3.09. The molecule has 2 saturated heterocycles. The van der Waals surface area contributed by atoms with Gasteiger partial charge in [0.1, 0.15) is 11.9 Å². The fourth-order valence-electron chi connectivity index (χ4n) is 5.33. The molecule has 1 aromatic heterocycles. The van der Waals surface area contributed by atoms with Gasteiger partial charge in [0, 0.05) is 44.0 Å². The van der Waals surface area contributed by atoms with E-state index in [1.807, 2.05) is 14.1 Å². The summed E-state index contributed by atoms with van der Waals surface area (Å²) in [5, 5.41) is 3.56. The number of nitrogens with one attached hydrogen (secondary N) is 1. The van der Waals surface area contributed by atoms with E-state index in [-0.39, 0.29) is 24.2 Å². The lowest BCUT2D eigenvalue weighted by atomic mass is 9.85. The molecule has 0 bridgehead atoms. The van der Waals surface area contributed by atoms with Crippen molar-refractivity contribution in [3.05, 3.63) is 51.7 Å². The van der Waals surface area contributed by atoms with E-state index in [0.717, 1.165) is 43.6 Å². The summed E-state index contributed by atoms with van der Waals surface area (Å²) in [4.78, 5) is 44.4. The first kappa shape index (κ1) is 23.0. The van der Waals surface area contributed by atoms with Crippen molar-refractivity contribution < 1.29 is 18.8 Å². The van der Waals surface area contributed by atoms with Gasteiger partial charge in [-0.2, -0.15) is 0 Å². The van der Waals surface area contributed by atoms with Crippen molar-refractivity contribution >= 4 is 34.1 Å². The summed E-state index contributed by atoms with van der Waals surface area (Å²) in [7, 11) is 4.09. The highest BCUT2D eigenvalue weighted by Crippen LogP contribution is 2.38. The highest BCUT2D eigenvalue weighted by atomic mass is 32.1. The number of piperidine rings is 2. The zero-order valence-corrected chi connectivity index (χ0v) is 20.3. The first-order chi connectivity index (χ1) is 16.3. The number of halogens is 1. The number of hydrogen-bond acceptors (Lipinski definition) is 6. The van der Waals surface area contributed by atoms with Crippen LogP contribution >= 0.6 is 11.3 Å². The van der Waals surface area contributed by atoms with Crippen LogP contribution in [0.4, 0.5) is 9.39 Å². The Bertz CT molecular complexity index is 1140. The lowest BCUT2D eigenvalue weighted by molar-refractivity contribution is -0.136. The lowest BCUT2D eigenvalue weighted by Crippen LogP contribution is -2.52. The van der Waals surface area contributed by atoms with Gasteiger partial charge in [0.05, 0.1) is 5.00 Å². The molecule has 1 atom stereocenters. The highest BCUT2D eigenvalue weighted by molar-refractivity contribution is 7.16. The second-order valence-electron chi connectivity index (χ2n) is 9.61. The molecule has 2 aromatic rings. The van der Waals surface area contributed by atoms with Gasteiger partial charge in [-0.1, -0.05) is 0 Å². The molecule has 5 rings (SSSR count). The van der Waals surface area contributed by atoms with E-state index in [1.165, 1.54) is 20.8 Å². The van der Waals surface area contributed by atoms with E-state index in [0.29, 0.717) is 18.5 Å². The van der Waals surface area contributed by atoms with Gasteiger partial charge in [-0.25, -0.2) is 4.39 Å². The Balaban J connectivity index is 1.29. The maximum Gasteiger partial charge on any atom is 0.255 e. The van der Waals surface area contributed by atoms with Gasteiger partial charge in [0.2, 0.25) is 11.8 Å². The van der Waals surface area contributed by atoms with E-state index in [2.05, 4.69) is 27.2 Å². The summed E-state index contributed by atoms with van der Waals surface area (Å²) in [6.07, 6.45) is 2.30. The normalized spacial score (nSPS) is 21.7. The number of anilines is 1. The third kappa shape index (κ3) is 4.34. The number of carbonyl (C=O) groups excluding carboxylic acids is 3. The third-order valence-corrected chi connectivity index (χ3v) is 8.39. The fourth-order valence-corrected chi connectivity index (χ4v) is 6.30. The van der Waals surface area contributed by atoms with Gasteiger partial charge in [0.25, 0.3) is 5.91 Å². The Morgan fingerprint density at radius 2 is 1.88 bits per heavy atom. The van der Waals surface area contributed by atoms with Gasteiger partial charge in [-0.15, -0.1) is 11.3 Å². The van der Waals surface area contributed by atoms with Crippen molar-refractivity contribution in [1.82, 2.24) is 15.1 Å². The number of amides is 3. The summed E-state index contributed by atoms with van der Waals surface area (Å²) in [5.41, 5.74) is 2.09. The van der Waals surface area contributed by atoms with Crippen LogP contribution < -0.4 is 10.2 Å². The Kier molecular flexibility index (Phi) is 6.16. The van der Waals surface area contributed by atoms with Crippen molar-refractivity contribution in [3.8, 4) is 0 Å². The van der Waals surface area contributed by atoms with Crippen molar-refractivity contribution in [2.45, 2.75) is 50.7 Å². The number of carbonyl (C=O) groups is 3. The minimum Gasteiger partial charge on any atom is -0.370 e. The average Bonchev–Trinajstić information content (AvgIpc) is 3.39. The van der Waals surface area contributed by atoms with Crippen LogP contribution in [0.25, 0.3) is 0 Å². The van der Waals surface area contributed by atoms with Crippen molar-refractivity contribution in [3.63, 3.8) is 0 Å². The van der Waals surface area contributed by atoms with Crippen LogP contribution in [0.1, 0.15) is 58.0 Å². The first-order valence-corrected chi connectivity index (χ1v) is 12.6. The van der Waals surface area contributed by atoms with Crippen LogP contribution in [-0.4, -0.2) is 60.7 Å². The van der Waals surface area contributed by atoms with E-state index in [4.69, 9.17) is 0 Å². The molecule has 3 aliphatic rings. The molecule has 0 saturated carbocycles. The molecule has 180 valence electrons. The van der Waals surface area contributed by atoms with Crippen LogP contribution in [0.2, 0.25) is 0 Å². The fraction of sp³-hybridized carbons (Fsp3) is 0.480. The van der Waals surface area contributed by atoms with E-state index in [9.17, 15) is 18.8 Å². The van der Waals surface area contributed by atoms with E-state index in [1.54, 1.807) is 17.4 Å². The highest BCUT2D eigenvalue weighted by Gasteiger charge is 2.41. The molecule has 0 spiro atoms. The molecular weight excluding hydrogens is 455 g/mol. The molecule has 1 aromatic carbocycles. The molecule has 9 heteroatoms. The summed E-state index contributed by atoms with van der Waals surface area (Å²) >= 11 is 1.80. The number of fused-ring (bicyclic) bond motifs is 1. The molecular formula is C25H29FN4O3S. The molecule has 2 fully saturated rings. The van der Waals surface area contributed by atoms with Crippen LogP contribution in [0.5, 0.6) is 0 Å². The molecule has 1 N–H and O–H groups in total. The molecule has 7 nitrogen and oxygen atoms in total. The molecule has 0 radical (unpaired) electrons. The topological polar surface area (TPSA) is 73.0 Å². The first-order valence-electron chi connectivity index (χ1n) is 11.8. The van der Waals surface area contributed by atoms with Gasteiger partial charge in [-0.3, -0.25) is 24.6 Å². The summed E-state index contributed by atoms with van der Waals surface area (Å²) in [6.45, 7) is 3.03. The van der Waals surface area contributed by atoms with Gasteiger partial charge >= 0.3 is 0 Å². The van der Waals surface area contributed by atoms with E-state index < -0.39 is 17.8 Å². The third-order valence-electron chi connectivity index (χ3n) is 7.15. The minimum absolute atomic E-state index is 0.177. The number of likely N-dealkylation sites (tertiary alicyclic amines) is 1. The number of rotatable bonds is 5. The van der Waals surface area contributed by atoms with Gasteiger partial charge in [0.15, 0.2) is 0 Å². The summed E-state index contributed by atoms with van der Waals surface area (Å²) in [6, 6.07) is 6.51. The Morgan fingerprint density at radius 1 is 1.12 bits per heavy atom. The van der Waals surface area contributed by atoms with Crippen molar-refractivity contribution in [1.29, 1.82) is 0 Å². The van der Waals surface area contributed by atoms with Crippen LogP contribution in [0, 0.1) is 5.82 Å². The molecule has 3 amide bonds. The number of benzene rings is 1. The zero-order chi connectivity index (χ0) is 24.0. The number of nitrogens with zero attached hydrogens (tertiary/aromatic N) is 3. The smallest absolute Gasteiger partial charge is 0.255 e. The Morgan fingerprint density at radius 3 is 2.56 bits per heavy atom. The molecule has 0 aliphatic carbocycles. The molecule has 4 heterocycles. The Hall–Kier alpha value is -2.78. The summed E-state index contributed by atoms with van der Waals surface area (Å²) in [5.74, 6) is -1.32. The van der Waals surface area contributed by atoms with Crippen LogP contribution in [0.3, 0.4) is 0 Å². The second kappa shape index (κ2) is 9.11. The minimum atomic E-state index is -0.687. The standard InChI is InChI=1S/C25H29FN4O3S/c1-28(2)23-6-3-17(34-23)13-29-9-7-15(8-10-29)18-11-16(26)12-19-20(18)14-30(25(19)33)21-4-5-22(31)27-24(21)32/h3,6,11-12,15,21H,4-5,7-10,13-14H2,1-2H3,(H,27,31,32). The quantitative estimate of drug-likeness (QED) is 0.661. The molecule has 34 heavy (non-hydrogen) atoms. The number of hydrogen-bond donors (Lipinski definition) is 1. The van der Waals surface area contributed by atoms with Crippen LogP contribution in [0.15, 0.2) is 24.3 Å². The van der Waals surface area contributed by atoms with Gasteiger partial charge in [-0.05, 0) is 73.7 Å². The predicted molar refractivity (Wildman–Crippen MR) is 128 cm³/mol. The maximum absolute atomic E-state index is 14.6. The number of imide groups is 1. The van der Waals surface area contributed by atoms with Crippen LogP contribution in [-0.2, 0) is 22.7 Å².